The summed E-state index contributed by atoms with van der Waals surface area (Å²) in [5.74, 6) is -1.01. The standard InChI is InChI=1S/C9H15NO3/c11-8(12)7-2-1-3-9(7)6-10-4-5-13-9/h7,10H,1-6H2,(H,11,12)/t7-,9+/m0/s1. The molecule has 4 nitrogen and oxygen atoms in total. The van der Waals surface area contributed by atoms with E-state index in [9.17, 15) is 4.79 Å². The number of rotatable bonds is 1. The zero-order valence-electron chi connectivity index (χ0n) is 7.58. The topological polar surface area (TPSA) is 58.6 Å². The molecule has 1 aliphatic heterocycles. The Bertz CT molecular complexity index is 211. The Balaban J connectivity index is 2.13. The Hall–Kier alpha value is -0.610. The van der Waals surface area contributed by atoms with Crippen LogP contribution in [-0.4, -0.2) is 36.4 Å². The average Bonchev–Trinajstić information content (AvgIpc) is 2.50. The molecule has 2 rings (SSSR count). The third-order valence-corrected chi connectivity index (χ3v) is 3.12. The van der Waals surface area contributed by atoms with Gasteiger partial charge in [0.2, 0.25) is 0 Å². The fraction of sp³-hybridized carbons (Fsp3) is 0.889. The van der Waals surface area contributed by atoms with Gasteiger partial charge in [-0.1, -0.05) is 0 Å². The van der Waals surface area contributed by atoms with E-state index in [-0.39, 0.29) is 5.92 Å². The summed E-state index contributed by atoms with van der Waals surface area (Å²) in [6, 6.07) is 0. The van der Waals surface area contributed by atoms with Gasteiger partial charge in [-0.15, -0.1) is 0 Å². The maximum Gasteiger partial charge on any atom is 0.309 e. The van der Waals surface area contributed by atoms with E-state index in [0.717, 1.165) is 25.8 Å². The maximum absolute atomic E-state index is 11.0. The molecule has 2 N–H and O–H groups in total. The molecule has 1 aliphatic carbocycles. The van der Waals surface area contributed by atoms with Crippen LogP contribution in [0.4, 0.5) is 0 Å². The van der Waals surface area contributed by atoms with Crippen LogP contribution in [0.1, 0.15) is 19.3 Å². The quantitative estimate of drug-likeness (QED) is 0.614. The molecule has 2 atom stereocenters. The van der Waals surface area contributed by atoms with Crippen LogP contribution in [0.3, 0.4) is 0 Å². The number of hydrogen-bond donors (Lipinski definition) is 2. The number of ether oxygens (including phenoxy) is 1. The number of hydrogen-bond acceptors (Lipinski definition) is 3. The van der Waals surface area contributed by atoms with Gasteiger partial charge in [-0.25, -0.2) is 0 Å². The minimum absolute atomic E-state index is 0.305. The van der Waals surface area contributed by atoms with Gasteiger partial charge < -0.3 is 15.2 Å². The van der Waals surface area contributed by atoms with Crippen molar-refractivity contribution in [2.45, 2.75) is 24.9 Å². The van der Waals surface area contributed by atoms with Crippen LogP contribution < -0.4 is 5.32 Å². The molecule has 1 saturated heterocycles. The Morgan fingerprint density at radius 3 is 3.08 bits per heavy atom. The summed E-state index contributed by atoms with van der Waals surface area (Å²) in [6.07, 6.45) is 2.62. The van der Waals surface area contributed by atoms with Crippen LogP contribution in [0.5, 0.6) is 0 Å². The van der Waals surface area contributed by atoms with E-state index in [1.54, 1.807) is 0 Å². The van der Waals surface area contributed by atoms with Gasteiger partial charge in [-0.2, -0.15) is 0 Å². The Morgan fingerprint density at radius 1 is 1.62 bits per heavy atom. The lowest BCUT2D eigenvalue weighted by Gasteiger charge is -2.37. The molecule has 0 amide bonds. The van der Waals surface area contributed by atoms with Gasteiger partial charge in [0.05, 0.1) is 18.1 Å². The van der Waals surface area contributed by atoms with Crippen LogP contribution in [0.25, 0.3) is 0 Å². The van der Waals surface area contributed by atoms with Gasteiger partial charge in [0, 0.05) is 13.1 Å². The van der Waals surface area contributed by atoms with Crippen LogP contribution in [0, 0.1) is 5.92 Å². The normalized spacial score (nSPS) is 39.5. The fourth-order valence-electron chi connectivity index (χ4n) is 2.45. The molecule has 0 aromatic heterocycles. The van der Waals surface area contributed by atoms with Crippen molar-refractivity contribution in [2.24, 2.45) is 5.92 Å². The molecule has 0 aromatic rings. The monoisotopic (exact) mass is 185 g/mol. The van der Waals surface area contributed by atoms with Crippen LogP contribution in [-0.2, 0) is 9.53 Å². The van der Waals surface area contributed by atoms with E-state index in [4.69, 9.17) is 9.84 Å². The highest BCUT2D eigenvalue weighted by atomic mass is 16.5. The highest BCUT2D eigenvalue weighted by molar-refractivity contribution is 5.72. The minimum atomic E-state index is -0.707. The van der Waals surface area contributed by atoms with E-state index >= 15 is 0 Å². The van der Waals surface area contributed by atoms with Crippen molar-refractivity contribution >= 4 is 5.97 Å². The maximum atomic E-state index is 11.0. The van der Waals surface area contributed by atoms with Gasteiger partial charge >= 0.3 is 5.97 Å². The summed E-state index contributed by atoms with van der Waals surface area (Å²) < 4.78 is 5.66. The molecular formula is C9H15NO3. The van der Waals surface area contributed by atoms with Crippen molar-refractivity contribution in [2.75, 3.05) is 19.7 Å². The van der Waals surface area contributed by atoms with Crippen molar-refractivity contribution < 1.29 is 14.6 Å². The van der Waals surface area contributed by atoms with Crippen LogP contribution in [0.2, 0.25) is 0 Å². The fourth-order valence-corrected chi connectivity index (χ4v) is 2.45. The predicted molar refractivity (Wildman–Crippen MR) is 46.5 cm³/mol. The third kappa shape index (κ3) is 1.44. The lowest BCUT2D eigenvalue weighted by molar-refractivity contribution is -0.157. The molecular weight excluding hydrogens is 170 g/mol. The first-order valence-electron chi connectivity index (χ1n) is 4.82. The third-order valence-electron chi connectivity index (χ3n) is 3.12. The van der Waals surface area contributed by atoms with Crippen molar-refractivity contribution in [1.82, 2.24) is 5.32 Å². The van der Waals surface area contributed by atoms with Gasteiger partial charge in [0.1, 0.15) is 0 Å². The zero-order chi connectivity index (χ0) is 9.31. The first-order chi connectivity index (χ1) is 6.25. The summed E-state index contributed by atoms with van der Waals surface area (Å²) in [6.45, 7) is 2.18. The molecule has 1 heterocycles. The van der Waals surface area contributed by atoms with E-state index in [1.807, 2.05) is 0 Å². The van der Waals surface area contributed by atoms with Crippen LogP contribution >= 0.6 is 0 Å². The second-order valence-corrected chi connectivity index (χ2v) is 3.87. The number of aliphatic carboxylic acids is 1. The Kier molecular flexibility index (Phi) is 2.26. The molecule has 2 aliphatic rings. The molecule has 0 bridgehead atoms. The van der Waals surface area contributed by atoms with Crippen molar-refractivity contribution in [1.29, 1.82) is 0 Å². The molecule has 0 aromatic carbocycles. The number of morpholine rings is 1. The molecule has 0 unspecified atom stereocenters. The van der Waals surface area contributed by atoms with Gasteiger partial charge in [-0.05, 0) is 19.3 Å². The van der Waals surface area contributed by atoms with Gasteiger partial charge in [-0.3, -0.25) is 4.79 Å². The van der Waals surface area contributed by atoms with E-state index < -0.39 is 11.6 Å². The number of carbonyl (C=O) groups is 1. The molecule has 13 heavy (non-hydrogen) atoms. The van der Waals surface area contributed by atoms with E-state index in [0.29, 0.717) is 13.2 Å². The number of carboxylic acids is 1. The van der Waals surface area contributed by atoms with Crippen molar-refractivity contribution in [3.05, 3.63) is 0 Å². The average molecular weight is 185 g/mol. The predicted octanol–water partition coefficient (Wildman–Crippen LogP) is 0.230. The zero-order valence-corrected chi connectivity index (χ0v) is 7.58. The van der Waals surface area contributed by atoms with Crippen LogP contribution in [0.15, 0.2) is 0 Å². The second kappa shape index (κ2) is 3.27. The van der Waals surface area contributed by atoms with E-state index in [1.165, 1.54) is 0 Å². The minimum Gasteiger partial charge on any atom is -0.481 e. The van der Waals surface area contributed by atoms with Gasteiger partial charge in [0.15, 0.2) is 0 Å². The lowest BCUT2D eigenvalue weighted by Crippen LogP contribution is -2.53. The van der Waals surface area contributed by atoms with Crippen molar-refractivity contribution in [3.8, 4) is 0 Å². The summed E-state index contributed by atoms with van der Waals surface area (Å²) in [7, 11) is 0. The molecule has 0 radical (unpaired) electrons. The van der Waals surface area contributed by atoms with Gasteiger partial charge in [0.25, 0.3) is 0 Å². The summed E-state index contributed by atoms with van der Waals surface area (Å²) in [5, 5.41) is 12.2. The highest BCUT2D eigenvalue weighted by Gasteiger charge is 2.48. The SMILES string of the molecule is O=C(O)[C@@H]1CCC[C@@]12CNCCO2. The largest absolute Gasteiger partial charge is 0.481 e. The highest BCUT2D eigenvalue weighted by Crippen LogP contribution is 2.39. The second-order valence-electron chi connectivity index (χ2n) is 3.87. The number of nitrogens with one attached hydrogen (secondary N) is 1. The molecule has 1 spiro atoms. The summed E-state index contributed by atoms with van der Waals surface area (Å²) >= 11 is 0. The number of carboxylic acid groups (broad SMARTS) is 1. The summed E-state index contributed by atoms with van der Waals surface area (Å²) in [4.78, 5) is 11.0. The Labute approximate surface area is 77.3 Å². The first-order valence-corrected chi connectivity index (χ1v) is 4.82. The first kappa shape index (κ1) is 8.97. The molecule has 1 saturated carbocycles. The molecule has 4 heteroatoms. The molecule has 2 fully saturated rings. The molecule has 74 valence electrons. The lowest BCUT2D eigenvalue weighted by atomic mass is 9.89. The Morgan fingerprint density at radius 2 is 2.46 bits per heavy atom. The smallest absolute Gasteiger partial charge is 0.309 e. The van der Waals surface area contributed by atoms with Crippen molar-refractivity contribution in [3.63, 3.8) is 0 Å². The summed E-state index contributed by atoms with van der Waals surface area (Å²) in [5.41, 5.74) is -0.399. The van der Waals surface area contributed by atoms with E-state index in [2.05, 4.69) is 5.32 Å².